The molecule has 2 fully saturated rings. The summed E-state index contributed by atoms with van der Waals surface area (Å²) in [5.74, 6) is 0.467. The van der Waals surface area contributed by atoms with Crippen LogP contribution in [-0.4, -0.2) is 61.4 Å². The minimum atomic E-state index is -0.00854. The number of hydrogen-bond acceptors (Lipinski definition) is 6. The van der Waals surface area contributed by atoms with Crippen molar-refractivity contribution in [1.29, 1.82) is 0 Å². The van der Waals surface area contributed by atoms with E-state index in [-0.39, 0.29) is 11.4 Å². The lowest BCUT2D eigenvalue weighted by Gasteiger charge is -2.47. The predicted octanol–water partition coefficient (Wildman–Crippen LogP) is 5.87. The molecule has 2 aromatic rings. The number of fused-ring (bicyclic) bond motifs is 1. The summed E-state index contributed by atoms with van der Waals surface area (Å²) < 4.78 is 5.45. The highest BCUT2D eigenvalue weighted by atomic mass is 32.2. The number of thioether (sulfide) groups is 1. The van der Waals surface area contributed by atoms with Gasteiger partial charge in [0, 0.05) is 43.6 Å². The van der Waals surface area contributed by atoms with Crippen molar-refractivity contribution in [2.75, 3.05) is 49.7 Å². The third-order valence-electron chi connectivity index (χ3n) is 7.48. The van der Waals surface area contributed by atoms with Gasteiger partial charge in [0.2, 0.25) is 0 Å². The van der Waals surface area contributed by atoms with Gasteiger partial charge in [0.05, 0.1) is 23.8 Å². The van der Waals surface area contributed by atoms with Crippen LogP contribution in [0.4, 0.5) is 17.1 Å². The van der Waals surface area contributed by atoms with Crippen LogP contribution in [-0.2, 0) is 9.53 Å². The number of morpholine rings is 1. The monoisotopic (exact) mass is 504 g/mol. The van der Waals surface area contributed by atoms with Gasteiger partial charge in [-0.2, -0.15) is 0 Å². The van der Waals surface area contributed by atoms with Gasteiger partial charge in [0.15, 0.2) is 5.17 Å². The van der Waals surface area contributed by atoms with Gasteiger partial charge in [-0.3, -0.25) is 9.69 Å². The molecule has 190 valence electrons. The molecule has 0 spiro atoms. The van der Waals surface area contributed by atoms with Crippen molar-refractivity contribution >= 4 is 46.0 Å². The fraction of sp³-hybridized carbons (Fsp3) is 0.448. The minimum Gasteiger partial charge on any atom is -0.378 e. The summed E-state index contributed by atoms with van der Waals surface area (Å²) in [5, 5.41) is 0.704. The predicted molar refractivity (Wildman–Crippen MR) is 151 cm³/mol. The van der Waals surface area contributed by atoms with Gasteiger partial charge >= 0.3 is 0 Å². The molecule has 7 heteroatoms. The molecule has 2 aromatic carbocycles. The van der Waals surface area contributed by atoms with E-state index >= 15 is 0 Å². The zero-order chi connectivity index (χ0) is 25.4. The molecule has 0 radical (unpaired) electrons. The number of benzene rings is 2. The van der Waals surface area contributed by atoms with E-state index in [0.29, 0.717) is 16.0 Å². The van der Waals surface area contributed by atoms with Crippen molar-refractivity contribution < 1.29 is 9.53 Å². The van der Waals surface area contributed by atoms with Crippen molar-refractivity contribution in [1.82, 2.24) is 4.90 Å². The Labute approximate surface area is 219 Å². The van der Waals surface area contributed by atoms with E-state index in [0.717, 1.165) is 50.5 Å². The largest absolute Gasteiger partial charge is 0.378 e. The first-order chi connectivity index (χ1) is 17.3. The second-order valence-corrected chi connectivity index (χ2v) is 11.5. The van der Waals surface area contributed by atoms with Crippen LogP contribution in [0.25, 0.3) is 6.08 Å². The average molecular weight is 505 g/mol. The van der Waals surface area contributed by atoms with E-state index in [9.17, 15) is 4.79 Å². The summed E-state index contributed by atoms with van der Waals surface area (Å²) in [4.78, 5) is 25.0. The molecule has 5 rings (SSSR count). The summed E-state index contributed by atoms with van der Waals surface area (Å²) >= 11 is 1.44. The van der Waals surface area contributed by atoms with Gasteiger partial charge in [0.25, 0.3) is 5.91 Å². The summed E-state index contributed by atoms with van der Waals surface area (Å²) in [7, 11) is 1.80. The molecule has 6 nitrogen and oxygen atoms in total. The number of carbonyl (C=O) groups excluding carboxylic acids is 1. The van der Waals surface area contributed by atoms with Crippen LogP contribution in [0, 0.1) is 0 Å². The molecule has 1 amide bonds. The lowest BCUT2D eigenvalue weighted by Crippen LogP contribution is -2.48. The smallest absolute Gasteiger partial charge is 0.266 e. The molecular formula is C29H36N4O2S. The number of rotatable bonds is 4. The molecule has 3 heterocycles. The lowest BCUT2D eigenvalue weighted by atomic mass is 9.79. The van der Waals surface area contributed by atoms with Gasteiger partial charge in [-0.15, -0.1) is 0 Å². The molecular weight excluding hydrogens is 468 g/mol. The van der Waals surface area contributed by atoms with E-state index < -0.39 is 0 Å². The third-order valence-corrected chi connectivity index (χ3v) is 8.54. The first kappa shape index (κ1) is 24.9. The number of carbonyl (C=O) groups is 1. The van der Waals surface area contributed by atoms with Crippen molar-refractivity contribution in [2.24, 2.45) is 4.99 Å². The summed E-state index contributed by atoms with van der Waals surface area (Å²) in [6.45, 7) is 13.5. The van der Waals surface area contributed by atoms with Gasteiger partial charge in [-0.05, 0) is 98.5 Å². The normalized spacial score (nSPS) is 24.1. The van der Waals surface area contributed by atoms with E-state index in [2.05, 4.69) is 67.8 Å². The van der Waals surface area contributed by atoms with Crippen LogP contribution >= 0.6 is 11.8 Å². The number of amides is 1. The van der Waals surface area contributed by atoms with Crippen molar-refractivity contribution in [3.8, 4) is 0 Å². The number of ether oxygens (including phenoxy) is 1. The number of anilines is 2. The zero-order valence-electron chi connectivity index (χ0n) is 22.0. The molecule has 3 aliphatic rings. The van der Waals surface area contributed by atoms with Gasteiger partial charge in [0.1, 0.15) is 0 Å². The Balaban J connectivity index is 1.36. The second kappa shape index (κ2) is 9.94. The quantitative estimate of drug-likeness (QED) is 0.488. The molecule has 0 saturated carbocycles. The number of likely N-dealkylation sites (N-methyl/N-ethyl adjacent to an activating group) is 1. The number of nitrogens with zero attached hydrogens (tertiary/aromatic N) is 4. The summed E-state index contributed by atoms with van der Waals surface area (Å²) in [6.07, 6.45) is 3.13. The first-order valence-electron chi connectivity index (χ1n) is 12.9. The summed E-state index contributed by atoms with van der Waals surface area (Å²) in [6, 6.07) is 14.8. The molecule has 0 aromatic heterocycles. The van der Waals surface area contributed by atoms with E-state index in [1.54, 1.807) is 11.9 Å². The van der Waals surface area contributed by atoms with Crippen LogP contribution in [0.2, 0.25) is 0 Å². The van der Waals surface area contributed by atoms with Crippen LogP contribution < -0.4 is 9.80 Å². The highest BCUT2D eigenvalue weighted by Crippen LogP contribution is 2.44. The van der Waals surface area contributed by atoms with Crippen molar-refractivity contribution in [2.45, 2.75) is 45.6 Å². The van der Waals surface area contributed by atoms with Crippen molar-refractivity contribution in [3.63, 3.8) is 0 Å². The SMILES string of the molecule is CCN1c2ccc(/C=C3\SC(=Nc4ccc(N5CCOCC5)cc4)N(C)C3=O)cc2[C@@H](C)CC1(C)C. The Morgan fingerprint density at radius 3 is 2.56 bits per heavy atom. The maximum Gasteiger partial charge on any atom is 0.266 e. The van der Waals surface area contributed by atoms with Gasteiger partial charge < -0.3 is 14.5 Å². The molecule has 3 aliphatic heterocycles. The number of amidine groups is 1. The first-order valence-corrected chi connectivity index (χ1v) is 13.7. The highest BCUT2D eigenvalue weighted by molar-refractivity contribution is 8.18. The van der Waals surface area contributed by atoms with Crippen LogP contribution in [0.15, 0.2) is 52.4 Å². The average Bonchev–Trinajstić information content (AvgIpc) is 3.12. The summed E-state index contributed by atoms with van der Waals surface area (Å²) in [5.41, 5.74) is 5.92. The lowest BCUT2D eigenvalue weighted by molar-refractivity contribution is -0.121. The van der Waals surface area contributed by atoms with Crippen LogP contribution in [0.5, 0.6) is 0 Å². The second-order valence-electron chi connectivity index (χ2n) is 10.5. The standard InChI is InChI=1S/C29H36N4O2S/c1-6-33-25-12-7-21(17-24(25)20(2)19-29(33,3)4)18-26-27(34)31(5)28(36-26)30-22-8-10-23(11-9-22)32-13-15-35-16-14-32/h7-12,17-18,20H,6,13-16,19H2,1-5H3/b26-18-,30-28?/t20-/m0/s1. The Bertz CT molecular complexity index is 1200. The number of aliphatic imine (C=N–C) groups is 1. The Hall–Kier alpha value is -2.77. The molecule has 2 saturated heterocycles. The Kier molecular flexibility index (Phi) is 6.88. The Morgan fingerprint density at radius 2 is 1.86 bits per heavy atom. The topological polar surface area (TPSA) is 48.4 Å². The highest BCUT2D eigenvalue weighted by Gasteiger charge is 2.35. The van der Waals surface area contributed by atoms with Crippen LogP contribution in [0.1, 0.15) is 51.2 Å². The molecule has 0 bridgehead atoms. The van der Waals surface area contributed by atoms with Crippen molar-refractivity contribution in [3.05, 3.63) is 58.5 Å². The molecule has 1 atom stereocenters. The Morgan fingerprint density at radius 1 is 1.14 bits per heavy atom. The van der Waals surface area contributed by atoms with E-state index in [1.165, 1.54) is 28.7 Å². The van der Waals surface area contributed by atoms with Gasteiger partial charge in [-0.25, -0.2) is 4.99 Å². The van der Waals surface area contributed by atoms with E-state index in [4.69, 9.17) is 9.73 Å². The third kappa shape index (κ3) is 4.78. The minimum absolute atomic E-state index is 0.00854. The maximum atomic E-state index is 13.0. The fourth-order valence-electron chi connectivity index (χ4n) is 5.67. The molecule has 0 aliphatic carbocycles. The maximum absolute atomic E-state index is 13.0. The van der Waals surface area contributed by atoms with E-state index in [1.807, 2.05) is 18.2 Å². The van der Waals surface area contributed by atoms with Crippen LogP contribution in [0.3, 0.4) is 0 Å². The fourth-order valence-corrected chi connectivity index (χ4v) is 6.66. The molecule has 0 N–H and O–H groups in total. The molecule has 0 unspecified atom stereocenters. The molecule has 36 heavy (non-hydrogen) atoms. The van der Waals surface area contributed by atoms with Gasteiger partial charge in [-0.1, -0.05) is 13.0 Å². The zero-order valence-corrected chi connectivity index (χ0v) is 22.8. The number of hydrogen-bond donors (Lipinski definition) is 0.